The van der Waals surface area contributed by atoms with Crippen molar-refractivity contribution in [1.29, 1.82) is 5.26 Å². The number of ether oxygens (including phenoxy) is 1. The van der Waals surface area contributed by atoms with Crippen molar-refractivity contribution in [1.82, 2.24) is 15.4 Å². The second kappa shape index (κ2) is 7.33. The quantitative estimate of drug-likeness (QED) is 0.846. The van der Waals surface area contributed by atoms with Crippen LogP contribution in [-0.2, 0) is 4.74 Å². The molecular weight excluding hydrogens is 308 g/mol. The summed E-state index contributed by atoms with van der Waals surface area (Å²) >= 11 is 0. The largest absolute Gasteiger partial charge is 0.449 e. The lowest BCUT2D eigenvalue weighted by molar-refractivity contribution is 0.0912. The number of amides is 2. The van der Waals surface area contributed by atoms with Gasteiger partial charge in [-0.3, -0.25) is 10.2 Å². The Labute approximate surface area is 139 Å². The second-order valence-electron chi connectivity index (χ2n) is 5.08. The van der Waals surface area contributed by atoms with Crippen LogP contribution in [0.2, 0.25) is 0 Å². The average Bonchev–Trinajstić information content (AvgIpc) is 2.88. The highest BCUT2D eigenvalue weighted by atomic mass is 16.5. The summed E-state index contributed by atoms with van der Waals surface area (Å²) in [6.45, 7) is 5.58. The molecule has 0 bridgehead atoms. The van der Waals surface area contributed by atoms with Gasteiger partial charge in [-0.25, -0.2) is 10.2 Å². The lowest BCUT2D eigenvalue weighted by atomic mass is 10.2. The van der Waals surface area contributed by atoms with Gasteiger partial charge in [0, 0.05) is 17.1 Å². The van der Waals surface area contributed by atoms with Crippen molar-refractivity contribution in [3.8, 4) is 11.8 Å². The van der Waals surface area contributed by atoms with E-state index in [0.29, 0.717) is 11.1 Å². The van der Waals surface area contributed by atoms with Crippen molar-refractivity contribution in [3.63, 3.8) is 0 Å². The molecular formula is C17H18N4O3. The van der Waals surface area contributed by atoms with Gasteiger partial charge in [0.2, 0.25) is 0 Å². The van der Waals surface area contributed by atoms with Gasteiger partial charge in [0.15, 0.2) is 0 Å². The molecule has 0 aliphatic heterocycles. The Hall–Kier alpha value is -3.27. The molecule has 0 aliphatic carbocycles. The van der Waals surface area contributed by atoms with E-state index >= 15 is 0 Å². The third-order valence-electron chi connectivity index (χ3n) is 3.48. The van der Waals surface area contributed by atoms with E-state index in [1.165, 1.54) is 0 Å². The number of nitriles is 1. The standard InChI is InChI=1S/C17H18N4O3/c1-4-24-17(23)20-19-16(22)15-9-11(2)21(12(15)3)14-7-5-13(10-18)6-8-14/h5-9H,4H2,1-3H3,(H,19,22)(H,20,23). The summed E-state index contributed by atoms with van der Waals surface area (Å²) < 4.78 is 6.59. The first kappa shape index (κ1) is 17.1. The van der Waals surface area contributed by atoms with Crippen LogP contribution < -0.4 is 10.9 Å². The molecule has 0 saturated carbocycles. The lowest BCUT2D eigenvalue weighted by Crippen LogP contribution is -2.42. The number of nitrogens with zero attached hydrogens (tertiary/aromatic N) is 2. The minimum absolute atomic E-state index is 0.217. The zero-order valence-corrected chi connectivity index (χ0v) is 13.7. The summed E-state index contributed by atoms with van der Waals surface area (Å²) in [5.74, 6) is -0.434. The molecule has 2 aromatic rings. The van der Waals surface area contributed by atoms with Gasteiger partial charge in [-0.05, 0) is 51.1 Å². The van der Waals surface area contributed by atoms with Crippen LogP contribution in [0.4, 0.5) is 4.79 Å². The fourth-order valence-electron chi connectivity index (χ4n) is 2.42. The molecule has 2 rings (SSSR count). The van der Waals surface area contributed by atoms with Gasteiger partial charge in [-0.1, -0.05) is 0 Å². The predicted octanol–water partition coefficient (Wildman–Crippen LogP) is 2.36. The van der Waals surface area contributed by atoms with Gasteiger partial charge in [0.1, 0.15) is 0 Å². The second-order valence-corrected chi connectivity index (χ2v) is 5.08. The molecule has 0 aliphatic rings. The molecule has 0 atom stereocenters. The summed E-state index contributed by atoms with van der Waals surface area (Å²) in [5, 5.41) is 8.87. The molecule has 1 aromatic heterocycles. The Kier molecular flexibility index (Phi) is 5.22. The number of hydrogen-bond donors (Lipinski definition) is 2. The summed E-state index contributed by atoms with van der Waals surface area (Å²) in [7, 11) is 0. The van der Waals surface area contributed by atoms with Crippen molar-refractivity contribution < 1.29 is 14.3 Å². The molecule has 2 amide bonds. The summed E-state index contributed by atoms with van der Waals surface area (Å²) in [6, 6.07) is 10.9. The van der Waals surface area contributed by atoms with Crippen LogP contribution in [0.3, 0.4) is 0 Å². The van der Waals surface area contributed by atoms with Gasteiger partial charge < -0.3 is 9.30 Å². The van der Waals surface area contributed by atoms with E-state index in [1.54, 1.807) is 25.1 Å². The molecule has 2 N–H and O–H groups in total. The molecule has 24 heavy (non-hydrogen) atoms. The molecule has 1 aromatic carbocycles. The highest BCUT2D eigenvalue weighted by molar-refractivity contribution is 5.96. The number of benzene rings is 1. The topological polar surface area (TPSA) is 96.2 Å². The van der Waals surface area contributed by atoms with Crippen molar-refractivity contribution in [2.75, 3.05) is 6.61 Å². The molecule has 7 heteroatoms. The van der Waals surface area contributed by atoms with Gasteiger partial charge in [-0.15, -0.1) is 0 Å². The highest BCUT2D eigenvalue weighted by Gasteiger charge is 2.17. The third-order valence-corrected chi connectivity index (χ3v) is 3.48. The molecule has 124 valence electrons. The van der Waals surface area contributed by atoms with Crippen LogP contribution in [0.1, 0.15) is 34.2 Å². The summed E-state index contributed by atoms with van der Waals surface area (Å²) in [4.78, 5) is 23.5. The third kappa shape index (κ3) is 3.55. The average molecular weight is 326 g/mol. The van der Waals surface area contributed by atoms with Crippen LogP contribution >= 0.6 is 0 Å². The van der Waals surface area contributed by atoms with Crippen LogP contribution in [0.15, 0.2) is 30.3 Å². The molecule has 0 saturated heterocycles. The van der Waals surface area contributed by atoms with Gasteiger partial charge in [0.05, 0.1) is 23.8 Å². The van der Waals surface area contributed by atoms with E-state index in [9.17, 15) is 9.59 Å². The Morgan fingerprint density at radius 2 is 1.88 bits per heavy atom. The van der Waals surface area contributed by atoms with E-state index in [2.05, 4.69) is 21.7 Å². The predicted molar refractivity (Wildman–Crippen MR) is 87.6 cm³/mol. The monoisotopic (exact) mass is 326 g/mol. The maximum absolute atomic E-state index is 12.2. The summed E-state index contributed by atoms with van der Waals surface area (Å²) in [5.41, 5.74) is 7.94. The fourth-order valence-corrected chi connectivity index (χ4v) is 2.42. The number of aromatic nitrogens is 1. The van der Waals surface area contributed by atoms with Crippen LogP contribution in [0.25, 0.3) is 5.69 Å². The van der Waals surface area contributed by atoms with Crippen LogP contribution in [-0.4, -0.2) is 23.2 Å². The lowest BCUT2D eigenvalue weighted by Gasteiger charge is -2.10. The van der Waals surface area contributed by atoms with Crippen molar-refractivity contribution in [2.24, 2.45) is 0 Å². The fraction of sp³-hybridized carbons (Fsp3) is 0.235. The number of carbonyl (C=O) groups excluding carboxylic acids is 2. The first-order valence-electron chi connectivity index (χ1n) is 7.40. The maximum atomic E-state index is 12.2. The van der Waals surface area contributed by atoms with Crippen LogP contribution in [0.5, 0.6) is 0 Å². The Morgan fingerprint density at radius 1 is 1.21 bits per heavy atom. The van der Waals surface area contributed by atoms with E-state index in [1.807, 2.05) is 30.5 Å². The SMILES string of the molecule is CCOC(=O)NNC(=O)c1cc(C)n(-c2ccc(C#N)cc2)c1C. The van der Waals surface area contributed by atoms with E-state index in [4.69, 9.17) is 5.26 Å². The van der Waals surface area contributed by atoms with Crippen molar-refractivity contribution >= 4 is 12.0 Å². The number of hydrazine groups is 1. The molecule has 0 spiro atoms. The Morgan fingerprint density at radius 3 is 2.46 bits per heavy atom. The van der Waals surface area contributed by atoms with E-state index in [0.717, 1.165) is 17.1 Å². The molecule has 0 unspecified atom stereocenters. The minimum atomic E-state index is -0.716. The van der Waals surface area contributed by atoms with Gasteiger partial charge in [0.25, 0.3) is 5.91 Å². The number of aryl methyl sites for hydroxylation is 1. The zero-order valence-electron chi connectivity index (χ0n) is 13.7. The smallest absolute Gasteiger partial charge is 0.426 e. The van der Waals surface area contributed by atoms with Gasteiger partial charge in [-0.2, -0.15) is 5.26 Å². The van der Waals surface area contributed by atoms with E-state index < -0.39 is 12.0 Å². The van der Waals surface area contributed by atoms with Gasteiger partial charge >= 0.3 is 6.09 Å². The van der Waals surface area contributed by atoms with Crippen molar-refractivity contribution in [3.05, 3.63) is 52.8 Å². The first-order valence-corrected chi connectivity index (χ1v) is 7.40. The number of hydrogen-bond acceptors (Lipinski definition) is 4. The maximum Gasteiger partial charge on any atom is 0.426 e. The summed E-state index contributed by atoms with van der Waals surface area (Å²) in [6.07, 6.45) is -0.716. The molecule has 0 fully saturated rings. The number of carbonyl (C=O) groups is 2. The number of nitrogens with one attached hydrogen (secondary N) is 2. The highest BCUT2D eigenvalue weighted by Crippen LogP contribution is 2.21. The van der Waals surface area contributed by atoms with Crippen molar-refractivity contribution in [2.45, 2.75) is 20.8 Å². The first-order chi connectivity index (χ1) is 11.5. The minimum Gasteiger partial charge on any atom is -0.449 e. The molecule has 0 radical (unpaired) electrons. The Balaban J connectivity index is 2.23. The zero-order chi connectivity index (χ0) is 17.7. The molecule has 7 nitrogen and oxygen atoms in total. The number of rotatable bonds is 3. The van der Waals surface area contributed by atoms with Crippen LogP contribution in [0, 0.1) is 25.2 Å². The van der Waals surface area contributed by atoms with E-state index in [-0.39, 0.29) is 6.61 Å². The normalized spacial score (nSPS) is 9.92. The molecule has 1 heterocycles. The Bertz CT molecular complexity index is 800.